The highest BCUT2D eigenvalue weighted by Gasteiger charge is 2.36. The van der Waals surface area contributed by atoms with Crippen LogP contribution < -0.4 is 4.74 Å². The van der Waals surface area contributed by atoms with Gasteiger partial charge in [0.2, 0.25) is 0 Å². The van der Waals surface area contributed by atoms with Gasteiger partial charge in [-0.1, -0.05) is 13.0 Å². The van der Waals surface area contributed by atoms with E-state index < -0.39 is 18.0 Å². The molecule has 0 spiro atoms. The van der Waals surface area contributed by atoms with Gasteiger partial charge in [-0.05, 0) is 24.6 Å². The van der Waals surface area contributed by atoms with Crippen LogP contribution in [0.5, 0.6) is 5.75 Å². The highest BCUT2D eigenvalue weighted by Crippen LogP contribution is 2.21. The molecule has 1 aromatic heterocycles. The number of aliphatic hydroxyl groups excluding tert-OH is 1. The lowest BCUT2D eigenvalue weighted by Gasteiger charge is -2.16. The van der Waals surface area contributed by atoms with Crippen molar-refractivity contribution in [1.82, 2.24) is 14.7 Å². The van der Waals surface area contributed by atoms with Crippen LogP contribution in [0.15, 0.2) is 36.5 Å². The number of amides is 1. The Bertz CT molecular complexity index is 719. The zero-order valence-electron chi connectivity index (χ0n) is 13.4. The molecule has 1 fully saturated rings. The molecule has 0 radical (unpaired) electrons. The van der Waals surface area contributed by atoms with E-state index in [1.165, 1.54) is 23.1 Å². The number of carbonyl (C=O) groups excluding carboxylic acids is 1. The lowest BCUT2D eigenvalue weighted by molar-refractivity contribution is 0.0727. The first-order valence-electron chi connectivity index (χ1n) is 8.00. The van der Waals surface area contributed by atoms with Gasteiger partial charge in [0.1, 0.15) is 29.5 Å². The summed E-state index contributed by atoms with van der Waals surface area (Å²) in [7, 11) is 0. The van der Waals surface area contributed by atoms with Gasteiger partial charge in [-0.15, -0.1) is 0 Å². The first-order chi connectivity index (χ1) is 11.6. The summed E-state index contributed by atoms with van der Waals surface area (Å²) in [5, 5.41) is 14.4. The first-order valence-corrected chi connectivity index (χ1v) is 8.00. The van der Waals surface area contributed by atoms with Crippen LogP contribution in [-0.4, -0.2) is 51.0 Å². The molecule has 0 unspecified atom stereocenters. The molecule has 7 heteroatoms. The third-order valence-electron chi connectivity index (χ3n) is 3.92. The number of hydrogen-bond acceptors (Lipinski definition) is 4. The Morgan fingerprint density at radius 2 is 2.25 bits per heavy atom. The summed E-state index contributed by atoms with van der Waals surface area (Å²) >= 11 is 0. The summed E-state index contributed by atoms with van der Waals surface area (Å²) in [6.07, 6.45) is 1.29. The molecule has 24 heavy (non-hydrogen) atoms. The minimum atomic E-state index is -0.824. The molecule has 6 nitrogen and oxygen atoms in total. The second-order valence-electron chi connectivity index (χ2n) is 5.86. The third kappa shape index (κ3) is 3.56. The van der Waals surface area contributed by atoms with Crippen LogP contribution in [0.4, 0.5) is 4.39 Å². The Kier molecular flexibility index (Phi) is 4.80. The molecule has 1 amide bonds. The second kappa shape index (κ2) is 7.00. The SMILES string of the molecule is CCCn1ccc(C(=O)N2C[C@@H](O)[C@H](Oc3cccc(F)c3)C2)n1. The molecule has 2 atom stereocenters. The van der Waals surface area contributed by atoms with Crippen LogP contribution in [0, 0.1) is 5.82 Å². The van der Waals surface area contributed by atoms with Crippen molar-refractivity contribution < 1.29 is 19.0 Å². The standard InChI is InChI=1S/C17H20FN3O3/c1-2-7-21-8-6-14(19-21)17(23)20-10-15(22)16(11-20)24-13-5-3-4-12(18)9-13/h3-6,8-9,15-16,22H,2,7,10-11H2,1H3/t15-,16-/m1/s1. The average molecular weight is 333 g/mol. The van der Waals surface area contributed by atoms with Crippen molar-refractivity contribution in [3.63, 3.8) is 0 Å². The van der Waals surface area contributed by atoms with Crippen LogP contribution in [0.2, 0.25) is 0 Å². The van der Waals surface area contributed by atoms with E-state index in [4.69, 9.17) is 4.74 Å². The van der Waals surface area contributed by atoms with Crippen molar-refractivity contribution >= 4 is 5.91 Å². The maximum Gasteiger partial charge on any atom is 0.274 e. The largest absolute Gasteiger partial charge is 0.486 e. The normalized spacial score (nSPS) is 20.4. The number of hydrogen-bond donors (Lipinski definition) is 1. The van der Waals surface area contributed by atoms with Gasteiger partial charge in [0.15, 0.2) is 0 Å². The molecular formula is C17H20FN3O3. The van der Waals surface area contributed by atoms with Gasteiger partial charge in [-0.2, -0.15) is 5.10 Å². The van der Waals surface area contributed by atoms with Crippen LogP contribution in [0.25, 0.3) is 0 Å². The number of ether oxygens (including phenoxy) is 1. The van der Waals surface area contributed by atoms with E-state index >= 15 is 0 Å². The molecule has 2 heterocycles. The van der Waals surface area contributed by atoms with E-state index in [2.05, 4.69) is 5.10 Å². The van der Waals surface area contributed by atoms with Crippen LogP contribution >= 0.6 is 0 Å². The fraction of sp³-hybridized carbons (Fsp3) is 0.412. The molecule has 1 aromatic carbocycles. The third-order valence-corrected chi connectivity index (χ3v) is 3.92. The quantitative estimate of drug-likeness (QED) is 0.904. The summed E-state index contributed by atoms with van der Waals surface area (Å²) in [6.45, 7) is 3.19. The summed E-state index contributed by atoms with van der Waals surface area (Å²) in [6, 6.07) is 7.40. The van der Waals surface area contributed by atoms with E-state index in [0.717, 1.165) is 13.0 Å². The number of carbonyl (C=O) groups is 1. The number of rotatable bonds is 5. The number of aromatic nitrogens is 2. The molecule has 0 bridgehead atoms. The van der Waals surface area contributed by atoms with Gasteiger partial charge in [-0.3, -0.25) is 9.48 Å². The number of β-amino-alcohol motifs (C(OH)–C–C–N with tert-alkyl or cyclic N) is 1. The van der Waals surface area contributed by atoms with E-state index in [0.29, 0.717) is 11.4 Å². The number of nitrogens with zero attached hydrogens (tertiary/aromatic N) is 3. The van der Waals surface area contributed by atoms with Crippen molar-refractivity contribution in [2.24, 2.45) is 0 Å². The highest BCUT2D eigenvalue weighted by atomic mass is 19.1. The number of aryl methyl sites for hydroxylation is 1. The zero-order valence-corrected chi connectivity index (χ0v) is 13.4. The molecule has 0 saturated carbocycles. The molecule has 1 saturated heterocycles. The van der Waals surface area contributed by atoms with Gasteiger partial charge in [0.25, 0.3) is 5.91 Å². The fourth-order valence-electron chi connectivity index (χ4n) is 2.74. The Balaban J connectivity index is 1.65. The minimum Gasteiger partial charge on any atom is -0.486 e. The Hall–Kier alpha value is -2.41. The molecule has 1 aliphatic heterocycles. The fourth-order valence-corrected chi connectivity index (χ4v) is 2.74. The maximum atomic E-state index is 13.2. The number of likely N-dealkylation sites (tertiary alicyclic amines) is 1. The van der Waals surface area contributed by atoms with E-state index in [1.54, 1.807) is 23.0 Å². The van der Waals surface area contributed by atoms with Crippen molar-refractivity contribution in [3.05, 3.63) is 48.0 Å². The number of benzene rings is 1. The molecule has 2 aromatic rings. The molecule has 1 N–H and O–H groups in total. The van der Waals surface area contributed by atoms with Gasteiger partial charge in [0, 0.05) is 18.8 Å². The van der Waals surface area contributed by atoms with Crippen LogP contribution in [0.3, 0.4) is 0 Å². The van der Waals surface area contributed by atoms with Crippen molar-refractivity contribution in [1.29, 1.82) is 0 Å². The topological polar surface area (TPSA) is 67.6 Å². The first kappa shape index (κ1) is 16.4. The number of aliphatic hydroxyl groups is 1. The molecule has 1 aliphatic rings. The Morgan fingerprint density at radius 1 is 1.42 bits per heavy atom. The zero-order chi connectivity index (χ0) is 17.1. The lowest BCUT2D eigenvalue weighted by Crippen LogP contribution is -2.31. The lowest BCUT2D eigenvalue weighted by atomic mass is 10.2. The van der Waals surface area contributed by atoms with Crippen molar-refractivity contribution in [2.75, 3.05) is 13.1 Å². The second-order valence-corrected chi connectivity index (χ2v) is 5.86. The van der Waals surface area contributed by atoms with Crippen LogP contribution in [-0.2, 0) is 6.54 Å². The van der Waals surface area contributed by atoms with E-state index in [-0.39, 0.29) is 19.0 Å². The highest BCUT2D eigenvalue weighted by molar-refractivity contribution is 5.92. The summed E-state index contributed by atoms with van der Waals surface area (Å²) in [5.74, 6) is -0.316. The summed E-state index contributed by atoms with van der Waals surface area (Å²) in [4.78, 5) is 14.0. The van der Waals surface area contributed by atoms with Gasteiger partial charge >= 0.3 is 0 Å². The number of halogens is 1. The predicted molar refractivity (Wildman–Crippen MR) is 85.2 cm³/mol. The van der Waals surface area contributed by atoms with Gasteiger partial charge in [0.05, 0.1) is 13.1 Å². The van der Waals surface area contributed by atoms with Crippen molar-refractivity contribution in [3.8, 4) is 5.75 Å². The minimum absolute atomic E-state index is 0.166. The molecular weight excluding hydrogens is 313 g/mol. The van der Waals surface area contributed by atoms with Crippen molar-refractivity contribution in [2.45, 2.75) is 32.1 Å². The molecule has 128 valence electrons. The molecule has 0 aliphatic carbocycles. The van der Waals surface area contributed by atoms with E-state index in [9.17, 15) is 14.3 Å². The van der Waals surface area contributed by atoms with E-state index in [1.807, 2.05) is 6.92 Å². The smallest absolute Gasteiger partial charge is 0.274 e. The Labute approximate surface area is 139 Å². The average Bonchev–Trinajstić information content (AvgIpc) is 3.15. The summed E-state index contributed by atoms with van der Waals surface area (Å²) < 4.78 is 20.6. The monoisotopic (exact) mass is 333 g/mol. The summed E-state index contributed by atoms with van der Waals surface area (Å²) in [5.41, 5.74) is 0.349. The molecule has 3 rings (SSSR count). The maximum absolute atomic E-state index is 13.2. The van der Waals surface area contributed by atoms with Crippen LogP contribution in [0.1, 0.15) is 23.8 Å². The van der Waals surface area contributed by atoms with Gasteiger partial charge < -0.3 is 14.7 Å². The Morgan fingerprint density at radius 3 is 3.00 bits per heavy atom. The predicted octanol–water partition coefficient (Wildman–Crippen LogP) is 1.70. The van der Waals surface area contributed by atoms with Gasteiger partial charge in [-0.25, -0.2) is 4.39 Å².